The Kier molecular flexibility index (Phi) is 5.35. The van der Waals surface area contributed by atoms with Crippen LogP contribution in [-0.2, 0) is 10.5 Å². The summed E-state index contributed by atoms with van der Waals surface area (Å²) in [5, 5.41) is 8.71. The van der Waals surface area contributed by atoms with Gasteiger partial charge in [0.25, 0.3) is 0 Å². The quantitative estimate of drug-likeness (QED) is 0.847. The van der Waals surface area contributed by atoms with Crippen molar-refractivity contribution in [3.63, 3.8) is 0 Å². The number of methoxy groups -OCH3 is 1. The van der Waals surface area contributed by atoms with Crippen molar-refractivity contribution in [3.05, 3.63) is 29.8 Å². The van der Waals surface area contributed by atoms with Crippen LogP contribution in [0.2, 0.25) is 0 Å². The molecule has 0 spiro atoms. The Morgan fingerprint density at radius 3 is 2.35 bits per heavy atom. The Morgan fingerprint density at radius 1 is 1.35 bits per heavy atom. The van der Waals surface area contributed by atoms with E-state index in [1.54, 1.807) is 7.11 Å². The van der Waals surface area contributed by atoms with Crippen LogP contribution in [0.25, 0.3) is 0 Å². The van der Waals surface area contributed by atoms with Crippen LogP contribution in [0, 0.1) is 5.92 Å². The van der Waals surface area contributed by atoms with E-state index in [0.29, 0.717) is 5.75 Å². The van der Waals surface area contributed by atoms with Crippen LogP contribution >= 0.6 is 11.8 Å². The van der Waals surface area contributed by atoms with E-state index in [-0.39, 0.29) is 11.2 Å². The van der Waals surface area contributed by atoms with Gasteiger partial charge in [-0.15, -0.1) is 11.8 Å². The number of rotatable bonds is 6. The summed E-state index contributed by atoms with van der Waals surface area (Å²) in [5.74, 6) is 0.922. The van der Waals surface area contributed by atoms with Gasteiger partial charge >= 0.3 is 5.97 Å². The summed E-state index contributed by atoms with van der Waals surface area (Å²) in [7, 11) is 1.63. The third-order valence-electron chi connectivity index (χ3n) is 2.44. The van der Waals surface area contributed by atoms with E-state index in [2.05, 4.69) is 0 Å². The number of carboxylic acid groups (broad SMARTS) is 1. The first-order chi connectivity index (χ1) is 8.04. The van der Waals surface area contributed by atoms with E-state index >= 15 is 0 Å². The van der Waals surface area contributed by atoms with Gasteiger partial charge in [0.1, 0.15) is 11.0 Å². The topological polar surface area (TPSA) is 46.5 Å². The number of hydrogen-bond donors (Lipinski definition) is 1. The summed E-state index contributed by atoms with van der Waals surface area (Å²) in [6.07, 6.45) is 0. The van der Waals surface area contributed by atoms with Crippen molar-refractivity contribution >= 4 is 17.7 Å². The highest BCUT2D eigenvalue weighted by Gasteiger charge is 2.21. The maximum atomic E-state index is 11.0. The Morgan fingerprint density at radius 2 is 1.94 bits per heavy atom. The Bertz CT molecular complexity index is 359. The molecule has 0 aliphatic rings. The average Bonchev–Trinajstić information content (AvgIpc) is 2.29. The second kappa shape index (κ2) is 6.55. The second-order valence-electron chi connectivity index (χ2n) is 4.16. The average molecular weight is 254 g/mol. The molecule has 1 unspecified atom stereocenters. The number of carbonyl (C=O) groups is 1. The van der Waals surface area contributed by atoms with Gasteiger partial charge in [-0.2, -0.15) is 0 Å². The number of ether oxygens (including phenoxy) is 1. The predicted octanol–water partition coefficient (Wildman–Crippen LogP) is 3.04. The van der Waals surface area contributed by atoms with E-state index in [4.69, 9.17) is 9.84 Å². The SMILES string of the molecule is COc1ccc(CSC(C(=O)O)C(C)C)cc1. The lowest BCUT2D eigenvalue weighted by atomic mass is 10.1. The van der Waals surface area contributed by atoms with Crippen LogP contribution in [-0.4, -0.2) is 23.4 Å². The van der Waals surface area contributed by atoms with Crippen LogP contribution in [0.3, 0.4) is 0 Å². The highest BCUT2D eigenvalue weighted by Crippen LogP contribution is 2.24. The molecule has 0 saturated carbocycles. The van der Waals surface area contributed by atoms with Crippen molar-refractivity contribution < 1.29 is 14.6 Å². The van der Waals surface area contributed by atoms with Crippen LogP contribution in [0.15, 0.2) is 24.3 Å². The monoisotopic (exact) mass is 254 g/mol. The number of benzene rings is 1. The molecule has 1 N–H and O–H groups in total. The molecule has 0 radical (unpaired) electrons. The van der Waals surface area contributed by atoms with Crippen molar-refractivity contribution in [2.45, 2.75) is 24.9 Å². The standard InChI is InChI=1S/C13H18O3S/c1-9(2)12(13(14)15)17-8-10-4-6-11(16-3)7-5-10/h4-7,9,12H,8H2,1-3H3,(H,14,15). The zero-order valence-corrected chi connectivity index (χ0v) is 11.2. The molecule has 17 heavy (non-hydrogen) atoms. The first-order valence-corrected chi connectivity index (χ1v) is 6.56. The molecule has 94 valence electrons. The van der Waals surface area contributed by atoms with Gasteiger partial charge in [0.2, 0.25) is 0 Å². The minimum atomic E-state index is -0.737. The van der Waals surface area contributed by atoms with Crippen LogP contribution in [0.5, 0.6) is 5.75 Å². The predicted molar refractivity (Wildman–Crippen MR) is 70.6 cm³/mol. The van der Waals surface area contributed by atoms with Crippen molar-refractivity contribution in [3.8, 4) is 5.75 Å². The van der Waals surface area contributed by atoms with Gasteiger partial charge in [0.15, 0.2) is 0 Å². The largest absolute Gasteiger partial charge is 0.497 e. The highest BCUT2D eigenvalue weighted by atomic mass is 32.2. The second-order valence-corrected chi connectivity index (χ2v) is 5.29. The minimum absolute atomic E-state index is 0.135. The lowest BCUT2D eigenvalue weighted by Crippen LogP contribution is -2.22. The molecule has 0 bridgehead atoms. The Hall–Kier alpha value is -1.16. The molecule has 1 atom stereocenters. The van der Waals surface area contributed by atoms with Gasteiger partial charge in [-0.05, 0) is 23.6 Å². The third-order valence-corrected chi connectivity index (χ3v) is 4.04. The zero-order valence-electron chi connectivity index (χ0n) is 10.3. The smallest absolute Gasteiger partial charge is 0.316 e. The maximum Gasteiger partial charge on any atom is 0.316 e. The van der Waals surface area contributed by atoms with Gasteiger partial charge in [-0.25, -0.2) is 0 Å². The van der Waals surface area contributed by atoms with E-state index in [9.17, 15) is 4.79 Å². The lowest BCUT2D eigenvalue weighted by Gasteiger charge is -2.15. The number of aliphatic carboxylic acids is 1. The molecule has 4 heteroatoms. The summed E-state index contributed by atoms with van der Waals surface area (Å²) in [4.78, 5) is 11.0. The molecule has 1 aromatic rings. The first kappa shape index (κ1) is 13.9. The molecule has 0 fully saturated rings. The minimum Gasteiger partial charge on any atom is -0.497 e. The molecule has 0 amide bonds. The van der Waals surface area contributed by atoms with Crippen LogP contribution in [0.4, 0.5) is 0 Å². The fourth-order valence-electron chi connectivity index (χ4n) is 1.46. The van der Waals surface area contributed by atoms with E-state index in [1.165, 1.54) is 11.8 Å². The fourth-order valence-corrected chi connectivity index (χ4v) is 2.55. The van der Waals surface area contributed by atoms with E-state index in [1.807, 2.05) is 38.1 Å². The van der Waals surface area contributed by atoms with Crippen molar-refractivity contribution in [2.24, 2.45) is 5.92 Å². The summed E-state index contributed by atoms with van der Waals surface area (Å²) in [5.41, 5.74) is 1.11. The van der Waals surface area contributed by atoms with Crippen LogP contribution in [0.1, 0.15) is 19.4 Å². The van der Waals surface area contributed by atoms with Gasteiger partial charge < -0.3 is 9.84 Å². The summed E-state index contributed by atoms with van der Waals surface area (Å²) >= 11 is 1.46. The van der Waals surface area contributed by atoms with Crippen LogP contribution < -0.4 is 4.74 Å². The molecule has 0 aliphatic carbocycles. The summed E-state index contributed by atoms with van der Waals surface area (Å²) < 4.78 is 5.07. The molecule has 0 saturated heterocycles. The fraction of sp³-hybridized carbons (Fsp3) is 0.462. The molecular formula is C13H18O3S. The molecule has 0 heterocycles. The van der Waals surface area contributed by atoms with Crippen molar-refractivity contribution in [1.29, 1.82) is 0 Å². The molecule has 0 aliphatic heterocycles. The Labute approximate surface area is 106 Å². The molecule has 1 aromatic carbocycles. The third kappa shape index (κ3) is 4.30. The van der Waals surface area contributed by atoms with Gasteiger partial charge in [0, 0.05) is 5.75 Å². The number of carboxylic acids is 1. The highest BCUT2D eigenvalue weighted by molar-refractivity contribution is 7.99. The van der Waals surface area contributed by atoms with Gasteiger partial charge in [-0.3, -0.25) is 4.79 Å². The molecular weight excluding hydrogens is 236 g/mol. The molecule has 0 aromatic heterocycles. The van der Waals surface area contributed by atoms with E-state index < -0.39 is 5.97 Å². The molecule has 1 rings (SSSR count). The molecule has 3 nitrogen and oxygen atoms in total. The van der Waals surface area contributed by atoms with E-state index in [0.717, 1.165) is 11.3 Å². The Balaban J connectivity index is 2.56. The first-order valence-electron chi connectivity index (χ1n) is 5.52. The van der Waals surface area contributed by atoms with Gasteiger partial charge in [0.05, 0.1) is 7.11 Å². The normalized spacial score (nSPS) is 12.5. The zero-order chi connectivity index (χ0) is 12.8. The number of thioether (sulfide) groups is 1. The maximum absolute atomic E-state index is 11.0. The van der Waals surface area contributed by atoms with Crippen molar-refractivity contribution in [1.82, 2.24) is 0 Å². The van der Waals surface area contributed by atoms with Gasteiger partial charge in [-0.1, -0.05) is 26.0 Å². The van der Waals surface area contributed by atoms with Crippen molar-refractivity contribution in [2.75, 3.05) is 7.11 Å². The number of hydrogen-bond acceptors (Lipinski definition) is 3. The summed E-state index contributed by atoms with van der Waals surface area (Å²) in [6.45, 7) is 3.86. The summed E-state index contributed by atoms with van der Waals surface area (Å²) in [6, 6.07) is 7.71. The lowest BCUT2D eigenvalue weighted by molar-refractivity contribution is -0.137.